The second-order valence-corrected chi connectivity index (χ2v) is 9.00. The number of halogens is 2. The Balaban J connectivity index is 1.64. The predicted octanol–water partition coefficient (Wildman–Crippen LogP) is 3.18. The van der Waals surface area contributed by atoms with E-state index in [0.29, 0.717) is 25.4 Å². The third-order valence-electron chi connectivity index (χ3n) is 4.67. The lowest BCUT2D eigenvalue weighted by Crippen LogP contribution is -2.50. The lowest BCUT2D eigenvalue weighted by atomic mass is 10.0. The van der Waals surface area contributed by atoms with Gasteiger partial charge in [0.05, 0.1) is 10.0 Å². The zero-order valence-electron chi connectivity index (χ0n) is 13.7. The van der Waals surface area contributed by atoms with E-state index in [4.69, 9.17) is 23.2 Å². The first-order valence-electron chi connectivity index (χ1n) is 8.28. The number of amides is 1. The van der Waals surface area contributed by atoms with E-state index in [1.807, 2.05) is 0 Å². The fraction of sp³-hybridized carbons (Fsp3) is 0.471. The van der Waals surface area contributed by atoms with Gasteiger partial charge in [-0.05, 0) is 30.9 Å². The molecule has 0 saturated carbocycles. The molecule has 5 nitrogen and oxygen atoms in total. The van der Waals surface area contributed by atoms with E-state index in [9.17, 15) is 13.2 Å². The number of hydrogen-bond acceptors (Lipinski definition) is 3. The molecule has 0 N–H and O–H groups in total. The Morgan fingerprint density at radius 2 is 1.88 bits per heavy atom. The van der Waals surface area contributed by atoms with Crippen LogP contribution >= 0.6 is 23.2 Å². The highest BCUT2D eigenvalue weighted by atomic mass is 35.5. The number of piperazine rings is 1. The van der Waals surface area contributed by atoms with Crippen LogP contribution in [0, 0.1) is 5.92 Å². The summed E-state index contributed by atoms with van der Waals surface area (Å²) in [5.41, 5.74) is 0. The van der Waals surface area contributed by atoms with Crippen molar-refractivity contribution >= 4 is 39.1 Å². The maximum absolute atomic E-state index is 12.8. The van der Waals surface area contributed by atoms with E-state index < -0.39 is 10.0 Å². The van der Waals surface area contributed by atoms with Gasteiger partial charge in [-0.3, -0.25) is 4.79 Å². The van der Waals surface area contributed by atoms with Crippen LogP contribution in [0.3, 0.4) is 0 Å². The number of benzene rings is 1. The minimum absolute atomic E-state index is 0.0116. The van der Waals surface area contributed by atoms with Crippen molar-refractivity contribution < 1.29 is 13.2 Å². The topological polar surface area (TPSA) is 57.7 Å². The Hall–Kier alpha value is -1.08. The van der Waals surface area contributed by atoms with Crippen molar-refractivity contribution in [3.05, 3.63) is 40.4 Å². The predicted molar refractivity (Wildman–Crippen MR) is 98.3 cm³/mol. The maximum Gasteiger partial charge on any atom is 0.244 e. The highest BCUT2D eigenvalue weighted by Crippen LogP contribution is 2.31. The summed E-state index contributed by atoms with van der Waals surface area (Å²) in [4.78, 5) is 14.1. The Kier molecular flexibility index (Phi) is 5.73. The first-order valence-corrected chi connectivity index (χ1v) is 10.5. The van der Waals surface area contributed by atoms with Crippen molar-refractivity contribution in [1.29, 1.82) is 0 Å². The molecular weight excluding hydrogens is 383 g/mol. The first kappa shape index (κ1) is 18.7. The van der Waals surface area contributed by atoms with E-state index >= 15 is 0 Å². The molecule has 8 heteroatoms. The van der Waals surface area contributed by atoms with Crippen molar-refractivity contribution in [3.63, 3.8) is 0 Å². The van der Waals surface area contributed by atoms with Gasteiger partial charge in [-0.25, -0.2) is 8.42 Å². The second-order valence-electron chi connectivity index (χ2n) is 6.31. The Morgan fingerprint density at radius 1 is 1.16 bits per heavy atom. The van der Waals surface area contributed by atoms with E-state index in [1.54, 1.807) is 17.0 Å². The van der Waals surface area contributed by atoms with Gasteiger partial charge in [0, 0.05) is 32.6 Å². The lowest BCUT2D eigenvalue weighted by Gasteiger charge is -2.34. The third-order valence-corrected chi connectivity index (χ3v) is 7.55. The van der Waals surface area contributed by atoms with Crippen LogP contribution in [0.2, 0.25) is 10.0 Å². The van der Waals surface area contributed by atoms with Crippen LogP contribution < -0.4 is 0 Å². The number of carbonyl (C=O) groups is 1. The summed E-state index contributed by atoms with van der Waals surface area (Å²) in [5, 5.41) is 0.247. The van der Waals surface area contributed by atoms with Gasteiger partial charge in [-0.1, -0.05) is 41.4 Å². The quantitative estimate of drug-likeness (QED) is 0.726. The normalized spacial score (nSPS) is 21.7. The SMILES string of the molecule is O=C(C[C@@H]1C=CCC1)N1CCN(S(=O)(=O)c2cccc(Cl)c2Cl)CC1. The number of sulfonamides is 1. The smallest absolute Gasteiger partial charge is 0.244 e. The molecule has 136 valence electrons. The van der Waals surface area contributed by atoms with Crippen LogP contribution in [-0.2, 0) is 14.8 Å². The molecule has 1 heterocycles. The van der Waals surface area contributed by atoms with Gasteiger partial charge >= 0.3 is 0 Å². The molecule has 2 aliphatic rings. The molecule has 1 amide bonds. The first-order chi connectivity index (χ1) is 11.9. The minimum atomic E-state index is -3.72. The van der Waals surface area contributed by atoms with Crippen molar-refractivity contribution in [2.24, 2.45) is 5.92 Å². The minimum Gasteiger partial charge on any atom is -0.340 e. The van der Waals surface area contributed by atoms with Gasteiger partial charge in [0.1, 0.15) is 4.90 Å². The van der Waals surface area contributed by atoms with Crippen LogP contribution in [0.15, 0.2) is 35.2 Å². The molecular formula is C17H20Cl2N2O3S. The summed E-state index contributed by atoms with van der Waals surface area (Å²) in [6.45, 7) is 1.31. The van der Waals surface area contributed by atoms with Crippen molar-refractivity contribution in [2.45, 2.75) is 24.2 Å². The van der Waals surface area contributed by atoms with Gasteiger partial charge in [-0.2, -0.15) is 4.31 Å². The summed E-state index contributed by atoms with van der Waals surface area (Å²) in [6, 6.07) is 4.57. The second kappa shape index (κ2) is 7.66. The summed E-state index contributed by atoms with van der Waals surface area (Å²) in [5.74, 6) is 0.411. The monoisotopic (exact) mass is 402 g/mol. The van der Waals surface area contributed by atoms with Gasteiger partial charge in [-0.15, -0.1) is 0 Å². The fourth-order valence-electron chi connectivity index (χ4n) is 3.22. The molecule has 0 aromatic heterocycles. The molecule has 1 aliphatic carbocycles. The Bertz CT molecular complexity index is 787. The summed E-state index contributed by atoms with van der Waals surface area (Å²) >= 11 is 12.0. The molecule has 3 rings (SSSR count). The fourth-order valence-corrected chi connectivity index (χ4v) is 5.38. The summed E-state index contributed by atoms with van der Waals surface area (Å²) < 4.78 is 26.9. The average Bonchev–Trinajstić information content (AvgIpc) is 3.10. The standard InChI is InChI=1S/C17H20Cl2N2O3S/c18-14-6-3-7-15(17(14)19)25(23,24)21-10-8-20(9-11-21)16(22)12-13-4-1-2-5-13/h1,3-4,6-7,13H,2,5,8-12H2/t13-/m1/s1. The van der Waals surface area contributed by atoms with Gasteiger partial charge in [0.2, 0.25) is 15.9 Å². The summed E-state index contributed by atoms with van der Waals surface area (Å²) in [7, 11) is -3.72. The molecule has 0 radical (unpaired) electrons. The molecule has 25 heavy (non-hydrogen) atoms. The highest BCUT2D eigenvalue weighted by Gasteiger charge is 2.32. The average molecular weight is 403 g/mol. The van der Waals surface area contributed by atoms with Crippen molar-refractivity contribution in [2.75, 3.05) is 26.2 Å². The molecule has 1 fully saturated rings. The van der Waals surface area contributed by atoms with Crippen molar-refractivity contribution in [3.8, 4) is 0 Å². The molecule has 1 saturated heterocycles. The third kappa shape index (κ3) is 4.03. The molecule has 1 aliphatic heterocycles. The van der Waals surface area contributed by atoms with Crippen LogP contribution in [0.4, 0.5) is 0 Å². The lowest BCUT2D eigenvalue weighted by molar-refractivity contribution is -0.133. The van der Waals surface area contributed by atoms with Crippen LogP contribution in [0.5, 0.6) is 0 Å². The zero-order chi connectivity index (χ0) is 18.0. The van der Waals surface area contributed by atoms with Gasteiger partial charge < -0.3 is 4.90 Å². The molecule has 1 atom stereocenters. The molecule has 0 unspecified atom stereocenters. The number of carbonyl (C=O) groups excluding carboxylic acids is 1. The number of allylic oxidation sites excluding steroid dienone is 2. The van der Waals surface area contributed by atoms with Crippen molar-refractivity contribution in [1.82, 2.24) is 9.21 Å². The van der Waals surface area contributed by atoms with E-state index in [-0.39, 0.29) is 33.9 Å². The number of hydrogen-bond donors (Lipinski definition) is 0. The molecule has 1 aromatic rings. The maximum atomic E-state index is 12.8. The number of rotatable bonds is 4. The zero-order valence-corrected chi connectivity index (χ0v) is 16.0. The molecule has 0 spiro atoms. The van der Waals surface area contributed by atoms with Crippen LogP contribution in [0.25, 0.3) is 0 Å². The largest absolute Gasteiger partial charge is 0.340 e. The van der Waals surface area contributed by atoms with Gasteiger partial charge in [0.25, 0.3) is 0 Å². The van der Waals surface area contributed by atoms with E-state index in [0.717, 1.165) is 12.8 Å². The van der Waals surface area contributed by atoms with Crippen LogP contribution in [0.1, 0.15) is 19.3 Å². The highest BCUT2D eigenvalue weighted by molar-refractivity contribution is 7.89. The number of nitrogens with zero attached hydrogens (tertiary/aromatic N) is 2. The van der Waals surface area contributed by atoms with E-state index in [1.165, 1.54) is 10.4 Å². The molecule has 1 aromatic carbocycles. The van der Waals surface area contributed by atoms with Crippen LogP contribution in [-0.4, -0.2) is 49.7 Å². The van der Waals surface area contributed by atoms with E-state index in [2.05, 4.69) is 12.2 Å². The van der Waals surface area contributed by atoms with Gasteiger partial charge in [0.15, 0.2) is 0 Å². The Labute approximate surface area is 158 Å². The Morgan fingerprint density at radius 3 is 2.52 bits per heavy atom. The molecule has 0 bridgehead atoms. The summed E-state index contributed by atoms with van der Waals surface area (Å²) in [6.07, 6.45) is 6.76.